The highest BCUT2D eigenvalue weighted by molar-refractivity contribution is 7.96. The number of halogens is 1. The van der Waals surface area contributed by atoms with Gasteiger partial charge in [0.25, 0.3) is 0 Å². The van der Waals surface area contributed by atoms with Crippen molar-refractivity contribution in [3.8, 4) is 0 Å². The van der Waals surface area contributed by atoms with Crippen LogP contribution in [0.2, 0.25) is 0 Å². The van der Waals surface area contributed by atoms with Gasteiger partial charge in [-0.25, -0.2) is 17.9 Å². The van der Waals surface area contributed by atoms with Crippen LogP contribution < -0.4 is 5.73 Å². The molecule has 3 rings (SSSR count). The molecule has 2 aliphatic heterocycles. The van der Waals surface area contributed by atoms with Crippen LogP contribution in [0.4, 0.5) is 10.2 Å². The average Bonchev–Trinajstić information content (AvgIpc) is 2.98. The van der Waals surface area contributed by atoms with Gasteiger partial charge in [0.05, 0.1) is 26.1 Å². The zero-order valence-corrected chi connectivity index (χ0v) is 18.6. The smallest absolute Gasteiger partial charge is 0.312 e. The van der Waals surface area contributed by atoms with Crippen molar-refractivity contribution in [1.82, 2.24) is 4.98 Å². The van der Waals surface area contributed by atoms with Gasteiger partial charge in [0.2, 0.25) is 0 Å². The van der Waals surface area contributed by atoms with E-state index in [1.807, 2.05) is 0 Å². The van der Waals surface area contributed by atoms with Crippen molar-refractivity contribution in [1.29, 1.82) is 0 Å². The monoisotopic (exact) mass is 424 g/mol. The van der Waals surface area contributed by atoms with Crippen LogP contribution in [0.25, 0.3) is 0 Å². The van der Waals surface area contributed by atoms with Crippen molar-refractivity contribution in [3.63, 3.8) is 0 Å². The van der Waals surface area contributed by atoms with E-state index in [1.165, 1.54) is 12.1 Å². The van der Waals surface area contributed by atoms with Crippen LogP contribution in [0.5, 0.6) is 0 Å². The number of aliphatic imine (C=N–C) groups is 1. The molecule has 0 saturated heterocycles. The molecule has 0 radical (unpaired) electrons. The van der Waals surface area contributed by atoms with E-state index in [0.717, 1.165) is 0 Å². The highest BCUT2D eigenvalue weighted by Gasteiger charge is 2.58. The number of anilines is 1. The second-order valence-corrected chi connectivity index (χ2v) is 12.2. The molecule has 3 atom stereocenters. The first kappa shape index (κ1) is 21.7. The van der Waals surface area contributed by atoms with Crippen molar-refractivity contribution >= 4 is 27.2 Å². The van der Waals surface area contributed by atoms with E-state index in [-0.39, 0.29) is 17.9 Å². The Bertz CT molecular complexity index is 1010. The molecule has 7 nitrogen and oxygen atoms in total. The predicted octanol–water partition coefficient (Wildman–Crippen LogP) is 3.22. The average molecular weight is 425 g/mol. The van der Waals surface area contributed by atoms with Crippen LogP contribution in [0, 0.1) is 5.82 Å². The number of nitrogens with two attached hydrogens (primary N) is 1. The van der Waals surface area contributed by atoms with Gasteiger partial charge >= 0.3 is 5.97 Å². The van der Waals surface area contributed by atoms with Gasteiger partial charge in [0, 0.05) is 12.3 Å². The van der Waals surface area contributed by atoms with Gasteiger partial charge in [-0.2, -0.15) is 0 Å². The first-order valence-corrected chi connectivity index (χ1v) is 11.2. The lowest BCUT2D eigenvalue weighted by molar-refractivity contribution is -0.153. The topological polar surface area (TPSA) is 107 Å². The SMILES string of the molecule is CC(C)(C)OC(=O)CC1=N[C@](C)(c2nc(N)ccc2F)[C@@H]2CCN=[S@]2(=O)C1(C)C. The lowest BCUT2D eigenvalue weighted by Gasteiger charge is -2.45. The third-order valence-corrected chi connectivity index (χ3v) is 9.29. The number of rotatable bonds is 3. The zero-order valence-electron chi connectivity index (χ0n) is 17.8. The third kappa shape index (κ3) is 3.53. The van der Waals surface area contributed by atoms with Crippen LogP contribution in [0.3, 0.4) is 0 Å². The molecule has 9 heteroatoms. The molecule has 3 heterocycles. The highest BCUT2D eigenvalue weighted by atomic mass is 32.2. The van der Waals surface area contributed by atoms with Gasteiger partial charge in [-0.15, -0.1) is 0 Å². The maximum atomic E-state index is 14.8. The Morgan fingerprint density at radius 2 is 2.00 bits per heavy atom. The van der Waals surface area contributed by atoms with Gasteiger partial charge in [-0.3, -0.25) is 9.79 Å². The molecule has 29 heavy (non-hydrogen) atoms. The molecule has 0 bridgehead atoms. The number of esters is 1. The zero-order chi connectivity index (χ0) is 21.8. The van der Waals surface area contributed by atoms with E-state index in [0.29, 0.717) is 18.7 Å². The van der Waals surface area contributed by atoms with Gasteiger partial charge in [-0.05, 0) is 60.1 Å². The van der Waals surface area contributed by atoms with Crippen LogP contribution >= 0.6 is 0 Å². The molecule has 0 saturated carbocycles. The summed E-state index contributed by atoms with van der Waals surface area (Å²) in [6, 6.07) is 2.61. The number of ether oxygens (including phenoxy) is 1. The Morgan fingerprint density at radius 3 is 2.62 bits per heavy atom. The molecule has 2 aliphatic rings. The standard InChI is InChI=1S/C20H29FN4O3S/c1-18(2,3)28-16(26)11-13-19(4,5)29(27)14(9-10-23-29)20(6,25-13)17-12(21)7-8-15(22)24-17/h7-8,14H,9-11H2,1-6H3,(H2,22,24)/t14-,20-,29+/m0/s1. The first-order valence-electron chi connectivity index (χ1n) is 9.65. The molecule has 0 unspecified atom stereocenters. The van der Waals surface area contributed by atoms with Gasteiger partial charge in [-0.1, -0.05) is 0 Å². The summed E-state index contributed by atoms with van der Waals surface area (Å²) in [5.74, 6) is -0.902. The second-order valence-electron chi connectivity index (χ2n) is 9.24. The normalized spacial score (nSPS) is 30.9. The molecule has 0 aromatic carbocycles. The number of aromatic nitrogens is 1. The molecule has 0 fully saturated rings. The van der Waals surface area contributed by atoms with Crippen molar-refractivity contribution in [2.24, 2.45) is 9.36 Å². The summed E-state index contributed by atoms with van der Waals surface area (Å²) < 4.78 is 37.8. The Balaban J connectivity index is 2.18. The first-order chi connectivity index (χ1) is 13.2. The Kier molecular flexibility index (Phi) is 5.05. The van der Waals surface area contributed by atoms with Crippen molar-refractivity contribution in [3.05, 3.63) is 23.6 Å². The number of nitrogens with zero attached hydrogens (tertiary/aromatic N) is 3. The summed E-state index contributed by atoms with van der Waals surface area (Å²) in [7, 11) is -2.86. The van der Waals surface area contributed by atoms with Crippen LogP contribution in [0.1, 0.15) is 60.1 Å². The lowest BCUT2D eigenvalue weighted by Crippen LogP contribution is -2.56. The Morgan fingerprint density at radius 1 is 1.34 bits per heavy atom. The van der Waals surface area contributed by atoms with Crippen LogP contribution in [-0.4, -0.2) is 43.0 Å². The number of nitrogen functional groups attached to an aromatic ring is 1. The molecule has 1 aromatic rings. The summed E-state index contributed by atoms with van der Waals surface area (Å²) >= 11 is 0. The fraction of sp³-hybridized carbons (Fsp3) is 0.650. The van der Waals surface area contributed by atoms with Crippen LogP contribution in [-0.2, 0) is 24.8 Å². The largest absolute Gasteiger partial charge is 0.460 e. The number of hydrogen-bond donors (Lipinski definition) is 1. The fourth-order valence-corrected chi connectivity index (χ4v) is 7.36. The highest BCUT2D eigenvalue weighted by Crippen LogP contribution is 2.48. The molecule has 0 spiro atoms. The van der Waals surface area contributed by atoms with Crippen LogP contribution in [0.15, 0.2) is 21.5 Å². The second kappa shape index (κ2) is 6.75. The summed E-state index contributed by atoms with van der Waals surface area (Å²) in [5, 5.41) is -0.531. The van der Waals surface area contributed by atoms with E-state index in [4.69, 9.17) is 15.5 Å². The summed E-state index contributed by atoms with van der Waals surface area (Å²) in [4.78, 5) is 21.6. The van der Waals surface area contributed by atoms with E-state index in [9.17, 15) is 13.4 Å². The molecule has 1 aromatic heterocycles. The maximum Gasteiger partial charge on any atom is 0.312 e. The molecule has 160 valence electrons. The third-order valence-electron chi connectivity index (χ3n) is 5.56. The minimum atomic E-state index is -2.86. The summed E-state index contributed by atoms with van der Waals surface area (Å²) in [6.07, 6.45) is 0.348. The summed E-state index contributed by atoms with van der Waals surface area (Å²) in [5.41, 5.74) is 4.31. The quantitative estimate of drug-likeness (QED) is 0.750. The molecular formula is C20H29FN4O3S. The van der Waals surface area contributed by atoms with Crippen molar-refractivity contribution < 1.29 is 18.1 Å². The molecule has 0 aliphatic carbocycles. The fourth-order valence-electron chi connectivity index (χ4n) is 4.10. The van der Waals surface area contributed by atoms with Gasteiger partial charge < -0.3 is 10.5 Å². The Labute approximate surface area is 171 Å². The molecule has 0 amide bonds. The van der Waals surface area contributed by atoms with Gasteiger partial charge in [0.1, 0.15) is 28.5 Å². The Hall–Kier alpha value is -2.03. The number of carbonyl (C=O) groups is 1. The van der Waals surface area contributed by atoms with E-state index >= 15 is 0 Å². The maximum absolute atomic E-state index is 14.8. The minimum absolute atomic E-state index is 0.0320. The lowest BCUT2D eigenvalue weighted by atomic mass is 9.88. The number of hydrogen-bond acceptors (Lipinski definition) is 7. The van der Waals surface area contributed by atoms with Gasteiger partial charge in [0.15, 0.2) is 0 Å². The molecule has 2 N–H and O–H groups in total. The van der Waals surface area contributed by atoms with E-state index in [2.05, 4.69) is 9.35 Å². The van der Waals surface area contributed by atoms with Crippen molar-refractivity contribution in [2.45, 2.75) is 75.5 Å². The molecular weight excluding hydrogens is 395 g/mol. The van der Waals surface area contributed by atoms with E-state index in [1.54, 1.807) is 41.5 Å². The minimum Gasteiger partial charge on any atom is -0.460 e. The number of carbonyl (C=O) groups excluding carboxylic acids is 1. The number of pyridine rings is 1. The predicted molar refractivity (Wildman–Crippen MR) is 112 cm³/mol. The summed E-state index contributed by atoms with van der Waals surface area (Å²) in [6.45, 7) is 11.0. The van der Waals surface area contributed by atoms with E-state index < -0.39 is 42.7 Å². The van der Waals surface area contributed by atoms with Crippen molar-refractivity contribution in [2.75, 3.05) is 12.3 Å². The number of fused-ring (bicyclic) bond motifs is 1.